The third-order valence-corrected chi connectivity index (χ3v) is 5.80. The average Bonchev–Trinajstić information content (AvgIpc) is 2.93. The molecule has 1 aromatic rings. The zero-order valence-corrected chi connectivity index (χ0v) is 16.8. The molecule has 0 aliphatic carbocycles. The molecule has 0 saturated carbocycles. The van der Waals surface area contributed by atoms with Crippen LogP contribution >= 0.6 is 0 Å². The molecule has 3 heterocycles. The highest BCUT2D eigenvalue weighted by molar-refractivity contribution is 5.78. The van der Waals surface area contributed by atoms with Crippen LogP contribution in [0.15, 0.2) is 6.07 Å². The summed E-state index contributed by atoms with van der Waals surface area (Å²) in [6.45, 7) is 5.91. The number of amides is 2. The first kappa shape index (κ1) is 19.7. The molecule has 0 aromatic carbocycles. The summed E-state index contributed by atoms with van der Waals surface area (Å²) in [4.78, 5) is 31.2. The van der Waals surface area contributed by atoms with Gasteiger partial charge in [-0.2, -0.15) is 5.10 Å². The number of carbonyl (C=O) groups is 2. The second-order valence-electron chi connectivity index (χ2n) is 8.41. The van der Waals surface area contributed by atoms with Crippen LogP contribution in [0.3, 0.4) is 0 Å². The van der Waals surface area contributed by atoms with E-state index in [-0.39, 0.29) is 23.8 Å². The van der Waals surface area contributed by atoms with E-state index in [1.807, 2.05) is 30.8 Å². The second-order valence-corrected chi connectivity index (χ2v) is 8.41. The van der Waals surface area contributed by atoms with Gasteiger partial charge in [0.2, 0.25) is 11.8 Å². The van der Waals surface area contributed by atoms with E-state index in [0.717, 1.165) is 57.7 Å². The summed E-state index contributed by atoms with van der Waals surface area (Å²) in [5.41, 5.74) is 6.77. The molecule has 1 aromatic heterocycles. The molecule has 8 nitrogen and oxygen atoms in total. The van der Waals surface area contributed by atoms with E-state index in [0.29, 0.717) is 12.2 Å². The van der Waals surface area contributed by atoms with Crippen LogP contribution in [0.1, 0.15) is 31.4 Å². The minimum atomic E-state index is 0.0275. The summed E-state index contributed by atoms with van der Waals surface area (Å²) in [5.74, 6) is 0.817. The zero-order chi connectivity index (χ0) is 19.6. The van der Waals surface area contributed by atoms with Gasteiger partial charge >= 0.3 is 0 Å². The number of aryl methyl sites for hydroxylation is 1. The normalized spacial score (nSPS) is 23.5. The maximum Gasteiger partial charge on any atom is 0.244 e. The van der Waals surface area contributed by atoms with Crippen molar-refractivity contribution in [1.82, 2.24) is 24.5 Å². The molecule has 2 fully saturated rings. The SMILES string of the molecule is Cc1cc(N)n(CC(=O)N2CCC[C@]3(CCC(=O)N(CCN(C)C)C3)C2)n1. The summed E-state index contributed by atoms with van der Waals surface area (Å²) in [5, 5.41) is 4.30. The molecule has 2 saturated heterocycles. The van der Waals surface area contributed by atoms with Crippen molar-refractivity contribution in [2.75, 3.05) is 52.6 Å². The number of piperidine rings is 2. The minimum absolute atomic E-state index is 0.0275. The predicted octanol–water partition coefficient (Wildman–Crippen LogP) is 0.567. The molecule has 2 aliphatic heterocycles. The number of nitrogens with zero attached hydrogens (tertiary/aromatic N) is 5. The summed E-state index contributed by atoms with van der Waals surface area (Å²) in [7, 11) is 4.04. The molecule has 2 amide bonds. The van der Waals surface area contributed by atoms with Crippen molar-refractivity contribution in [3.05, 3.63) is 11.8 Å². The van der Waals surface area contributed by atoms with Crippen molar-refractivity contribution >= 4 is 17.6 Å². The van der Waals surface area contributed by atoms with Crippen molar-refractivity contribution in [3.8, 4) is 0 Å². The molecular weight excluding hydrogens is 344 g/mol. The van der Waals surface area contributed by atoms with E-state index in [1.54, 1.807) is 10.7 Å². The van der Waals surface area contributed by atoms with Crippen LogP contribution in [0.4, 0.5) is 5.82 Å². The van der Waals surface area contributed by atoms with Gasteiger partial charge in [-0.05, 0) is 40.3 Å². The molecule has 3 rings (SSSR count). The summed E-state index contributed by atoms with van der Waals surface area (Å²) >= 11 is 0. The molecule has 27 heavy (non-hydrogen) atoms. The van der Waals surface area contributed by atoms with Gasteiger partial charge in [-0.25, -0.2) is 4.68 Å². The predicted molar refractivity (Wildman–Crippen MR) is 104 cm³/mol. The third-order valence-electron chi connectivity index (χ3n) is 5.80. The van der Waals surface area contributed by atoms with Crippen molar-refractivity contribution in [1.29, 1.82) is 0 Å². The van der Waals surface area contributed by atoms with Crippen molar-refractivity contribution in [3.63, 3.8) is 0 Å². The van der Waals surface area contributed by atoms with Gasteiger partial charge in [-0.15, -0.1) is 0 Å². The highest BCUT2D eigenvalue weighted by Gasteiger charge is 2.42. The Labute approximate surface area is 161 Å². The molecule has 0 bridgehead atoms. The number of likely N-dealkylation sites (N-methyl/N-ethyl adjacent to an activating group) is 1. The number of carbonyl (C=O) groups excluding carboxylic acids is 2. The van der Waals surface area contributed by atoms with E-state index < -0.39 is 0 Å². The Morgan fingerprint density at radius 1 is 1.33 bits per heavy atom. The smallest absolute Gasteiger partial charge is 0.244 e. The van der Waals surface area contributed by atoms with Crippen LogP contribution < -0.4 is 5.73 Å². The summed E-state index contributed by atoms with van der Waals surface area (Å²) < 4.78 is 1.58. The maximum absolute atomic E-state index is 12.8. The lowest BCUT2D eigenvalue weighted by atomic mass is 9.73. The monoisotopic (exact) mass is 376 g/mol. The first-order chi connectivity index (χ1) is 12.8. The van der Waals surface area contributed by atoms with E-state index in [4.69, 9.17) is 5.73 Å². The molecule has 2 N–H and O–H groups in total. The standard InChI is InChI=1S/C19H32N6O2/c1-15-11-16(20)25(21-15)12-18(27)23-8-4-6-19(13-23)7-5-17(26)24(14-19)10-9-22(2)3/h11H,4-10,12-14,20H2,1-3H3/t19-/m0/s1. The Bertz CT molecular complexity index is 700. The first-order valence-corrected chi connectivity index (χ1v) is 9.78. The molecule has 0 radical (unpaired) electrons. The number of aromatic nitrogens is 2. The second kappa shape index (κ2) is 7.88. The van der Waals surface area contributed by atoms with Crippen LogP contribution in [0.2, 0.25) is 0 Å². The highest BCUT2D eigenvalue weighted by Crippen LogP contribution is 2.38. The van der Waals surface area contributed by atoms with E-state index in [2.05, 4.69) is 10.00 Å². The molecule has 1 spiro atoms. The Balaban J connectivity index is 1.64. The Hall–Kier alpha value is -2.09. The number of hydrogen-bond donors (Lipinski definition) is 1. The lowest BCUT2D eigenvalue weighted by Gasteiger charge is -2.48. The van der Waals surface area contributed by atoms with Gasteiger partial charge < -0.3 is 20.4 Å². The lowest BCUT2D eigenvalue weighted by Crippen LogP contribution is -2.56. The van der Waals surface area contributed by atoms with E-state index in [1.165, 1.54) is 0 Å². The summed E-state index contributed by atoms with van der Waals surface area (Å²) in [6.07, 6.45) is 3.51. The summed E-state index contributed by atoms with van der Waals surface area (Å²) in [6, 6.07) is 1.78. The fourth-order valence-electron chi connectivity index (χ4n) is 4.30. The average molecular weight is 377 g/mol. The van der Waals surface area contributed by atoms with Crippen LogP contribution in [-0.4, -0.2) is 83.1 Å². The van der Waals surface area contributed by atoms with Gasteiger partial charge in [0.1, 0.15) is 12.4 Å². The van der Waals surface area contributed by atoms with Crippen molar-refractivity contribution in [2.45, 2.75) is 39.2 Å². The largest absolute Gasteiger partial charge is 0.384 e. The van der Waals surface area contributed by atoms with E-state index in [9.17, 15) is 9.59 Å². The van der Waals surface area contributed by atoms with Crippen LogP contribution in [0.25, 0.3) is 0 Å². The number of rotatable bonds is 5. The zero-order valence-electron chi connectivity index (χ0n) is 16.8. The van der Waals surface area contributed by atoms with Crippen LogP contribution in [0, 0.1) is 12.3 Å². The number of anilines is 1. The number of nitrogens with two attached hydrogens (primary N) is 1. The Morgan fingerprint density at radius 3 is 2.78 bits per heavy atom. The van der Waals surface area contributed by atoms with E-state index >= 15 is 0 Å². The van der Waals surface area contributed by atoms with Gasteiger partial charge in [-0.3, -0.25) is 9.59 Å². The van der Waals surface area contributed by atoms with Crippen molar-refractivity contribution in [2.24, 2.45) is 5.41 Å². The van der Waals surface area contributed by atoms with Gasteiger partial charge in [0.05, 0.1) is 5.69 Å². The quantitative estimate of drug-likeness (QED) is 0.812. The Kier molecular flexibility index (Phi) is 5.74. The molecule has 150 valence electrons. The third kappa shape index (κ3) is 4.61. The fourth-order valence-corrected chi connectivity index (χ4v) is 4.30. The van der Waals surface area contributed by atoms with Gasteiger partial charge in [0.15, 0.2) is 0 Å². The number of hydrogen-bond acceptors (Lipinski definition) is 5. The van der Waals surface area contributed by atoms with Crippen LogP contribution in [-0.2, 0) is 16.1 Å². The molecule has 8 heteroatoms. The molecule has 2 aliphatic rings. The lowest BCUT2D eigenvalue weighted by molar-refractivity contribution is -0.143. The number of nitrogen functional groups attached to an aromatic ring is 1. The number of likely N-dealkylation sites (tertiary alicyclic amines) is 2. The topological polar surface area (TPSA) is 87.7 Å². The molecule has 1 atom stereocenters. The fraction of sp³-hybridized carbons (Fsp3) is 0.737. The van der Waals surface area contributed by atoms with Crippen molar-refractivity contribution < 1.29 is 9.59 Å². The maximum atomic E-state index is 12.8. The van der Waals surface area contributed by atoms with Crippen LogP contribution in [0.5, 0.6) is 0 Å². The van der Waals surface area contributed by atoms with Gasteiger partial charge in [-0.1, -0.05) is 0 Å². The molecule has 0 unspecified atom stereocenters. The Morgan fingerprint density at radius 2 is 2.11 bits per heavy atom. The first-order valence-electron chi connectivity index (χ1n) is 9.78. The van der Waals surface area contributed by atoms with Gasteiger partial charge in [0.25, 0.3) is 0 Å². The highest BCUT2D eigenvalue weighted by atomic mass is 16.2. The van der Waals surface area contributed by atoms with Gasteiger partial charge in [0, 0.05) is 50.6 Å². The minimum Gasteiger partial charge on any atom is -0.384 e. The molecular formula is C19H32N6O2.